The van der Waals surface area contributed by atoms with Crippen LogP contribution in [0.3, 0.4) is 0 Å². The number of aryl methyl sites for hydroxylation is 1. The second kappa shape index (κ2) is 10.2. The van der Waals surface area contributed by atoms with Gasteiger partial charge in [0.1, 0.15) is 0 Å². The van der Waals surface area contributed by atoms with Gasteiger partial charge in [-0.3, -0.25) is 4.79 Å². The third-order valence-electron chi connectivity index (χ3n) is 13.0. The van der Waals surface area contributed by atoms with E-state index in [0.29, 0.717) is 25.8 Å². The number of nitrogens with zero attached hydrogens (tertiary/aromatic N) is 1. The van der Waals surface area contributed by atoms with Gasteiger partial charge in [0.25, 0.3) is 0 Å². The Morgan fingerprint density at radius 1 is 1.05 bits per heavy atom. The zero-order valence-corrected chi connectivity index (χ0v) is 28.7. The molecule has 0 radical (unpaired) electrons. The number of hydrogen-bond donors (Lipinski definition) is 2. The number of fused-ring (bicyclic) bond motifs is 1. The molecule has 6 aliphatic carbocycles. The smallest absolute Gasteiger partial charge is 0.211 e. The SMILES string of the molecule is Cc1ccc(C(=O)C2=C[C@@]34C=C[C@@]25[C@@H]2CC[C@@](O)(CN(CCc6cccs6)S(C)(=O)=O)[C@@]2(C)CC[C@@H]5[C@@]3(C)CCC(O)C4)s1. The van der Waals surface area contributed by atoms with Gasteiger partial charge < -0.3 is 10.2 Å². The highest BCUT2D eigenvalue weighted by atomic mass is 32.2. The Morgan fingerprint density at radius 2 is 1.77 bits per heavy atom. The average Bonchev–Trinajstić information content (AvgIpc) is 3.70. The number of carbonyl (C=O) groups is 1. The molecule has 2 bridgehead atoms. The lowest BCUT2D eigenvalue weighted by atomic mass is 9.32. The zero-order valence-electron chi connectivity index (χ0n) is 26.2. The fraction of sp³-hybridized carbons (Fsp3) is 0.629. The molecule has 8 rings (SSSR count). The first-order valence-corrected chi connectivity index (χ1v) is 19.6. The molecule has 44 heavy (non-hydrogen) atoms. The molecule has 1 unspecified atom stereocenters. The van der Waals surface area contributed by atoms with Crippen LogP contribution < -0.4 is 0 Å². The van der Waals surface area contributed by atoms with Gasteiger partial charge in [0.05, 0.1) is 22.8 Å². The van der Waals surface area contributed by atoms with Gasteiger partial charge in [-0.1, -0.05) is 38.1 Å². The Labute approximate surface area is 269 Å². The van der Waals surface area contributed by atoms with Gasteiger partial charge in [0.2, 0.25) is 10.0 Å². The zero-order chi connectivity index (χ0) is 31.3. The lowest BCUT2D eigenvalue weighted by Crippen LogP contribution is -2.67. The third kappa shape index (κ3) is 4.25. The molecule has 3 saturated carbocycles. The molecule has 2 spiro atoms. The monoisotopic (exact) mass is 655 g/mol. The number of rotatable bonds is 8. The van der Waals surface area contributed by atoms with E-state index in [0.717, 1.165) is 52.3 Å². The van der Waals surface area contributed by atoms with Crippen molar-refractivity contribution < 1.29 is 23.4 Å². The van der Waals surface area contributed by atoms with Gasteiger partial charge in [-0.2, -0.15) is 4.31 Å². The minimum atomic E-state index is -3.56. The molecule has 2 heterocycles. The Kier molecular flexibility index (Phi) is 7.18. The van der Waals surface area contributed by atoms with Crippen LogP contribution in [0.1, 0.15) is 78.2 Å². The number of thiophene rings is 2. The van der Waals surface area contributed by atoms with Crippen LogP contribution in [0.2, 0.25) is 0 Å². The highest BCUT2D eigenvalue weighted by molar-refractivity contribution is 7.88. The lowest BCUT2D eigenvalue weighted by Gasteiger charge is -2.71. The van der Waals surface area contributed by atoms with Crippen LogP contribution in [0.25, 0.3) is 0 Å². The van der Waals surface area contributed by atoms with Gasteiger partial charge in [-0.15, -0.1) is 22.7 Å². The Hall–Kier alpha value is -1.62. The Bertz CT molecular complexity index is 1640. The summed E-state index contributed by atoms with van der Waals surface area (Å²) in [6, 6.07) is 7.95. The van der Waals surface area contributed by atoms with E-state index >= 15 is 0 Å². The predicted molar refractivity (Wildman–Crippen MR) is 176 cm³/mol. The van der Waals surface area contributed by atoms with E-state index in [9.17, 15) is 23.4 Å². The van der Waals surface area contributed by atoms with Crippen LogP contribution in [0.5, 0.6) is 0 Å². The van der Waals surface area contributed by atoms with Crippen molar-refractivity contribution in [2.24, 2.45) is 33.5 Å². The van der Waals surface area contributed by atoms with Crippen molar-refractivity contribution in [3.8, 4) is 0 Å². The summed E-state index contributed by atoms with van der Waals surface area (Å²) in [5, 5.41) is 25.6. The number of sulfonamides is 1. The number of allylic oxidation sites excluding steroid dienone is 4. The number of hydrogen-bond acceptors (Lipinski definition) is 7. The summed E-state index contributed by atoms with van der Waals surface area (Å²) in [7, 11) is -3.56. The first-order chi connectivity index (χ1) is 20.7. The van der Waals surface area contributed by atoms with Crippen LogP contribution in [0.4, 0.5) is 0 Å². The van der Waals surface area contributed by atoms with Crippen LogP contribution in [0, 0.1) is 40.4 Å². The van der Waals surface area contributed by atoms with Crippen molar-refractivity contribution in [2.75, 3.05) is 19.3 Å². The number of ketones is 1. The second-order valence-corrected chi connectivity index (χ2v) is 19.3. The van der Waals surface area contributed by atoms with Crippen molar-refractivity contribution in [2.45, 2.75) is 83.8 Å². The molecule has 2 aromatic rings. The maximum absolute atomic E-state index is 14.6. The fourth-order valence-corrected chi connectivity index (χ4v) is 13.0. The van der Waals surface area contributed by atoms with Crippen molar-refractivity contribution >= 4 is 38.5 Å². The number of Topliss-reactive ketones (excluding diaryl/α,β-unsaturated/α-hetero) is 1. The highest BCUT2D eigenvalue weighted by Gasteiger charge is 2.74. The normalized spacial score (nSPS) is 40.9. The van der Waals surface area contributed by atoms with Gasteiger partial charge >= 0.3 is 0 Å². The molecule has 2 N–H and O–H groups in total. The second-order valence-electron chi connectivity index (χ2n) is 15.0. The summed E-state index contributed by atoms with van der Waals surface area (Å²) in [4.78, 5) is 17.5. The quantitative estimate of drug-likeness (QED) is 0.254. The van der Waals surface area contributed by atoms with Gasteiger partial charge in [-0.25, -0.2) is 8.42 Å². The number of aliphatic hydroxyl groups excluding tert-OH is 1. The Morgan fingerprint density at radius 3 is 2.45 bits per heavy atom. The molecular formula is C35H45NO5S3. The molecule has 9 heteroatoms. The van der Waals surface area contributed by atoms with E-state index in [2.05, 4.69) is 32.1 Å². The molecule has 0 aromatic carbocycles. The van der Waals surface area contributed by atoms with Crippen molar-refractivity contribution in [1.29, 1.82) is 0 Å². The summed E-state index contributed by atoms with van der Waals surface area (Å²) in [5.74, 6) is 0.280. The summed E-state index contributed by atoms with van der Waals surface area (Å²) in [5.41, 5.74) is -1.96. The molecule has 0 amide bonds. The Balaban J connectivity index is 1.31. The molecule has 8 atom stereocenters. The maximum atomic E-state index is 14.6. The van der Waals surface area contributed by atoms with Crippen molar-refractivity contribution in [3.63, 3.8) is 0 Å². The lowest BCUT2D eigenvalue weighted by molar-refractivity contribution is -0.173. The molecule has 238 valence electrons. The molecule has 6 aliphatic rings. The molecule has 2 aromatic heterocycles. The summed E-state index contributed by atoms with van der Waals surface area (Å²) >= 11 is 3.15. The fourth-order valence-electron chi connectivity index (χ4n) is 10.6. The standard InChI is InChI=1S/C35H45NO5S3/c1-23-7-8-27(43-23)30(38)26-21-33-16-17-35(26)28(31(33,2)13-9-24(37)20-33)10-14-32(3)29(35)11-15-34(32,39)22-36(44(4,40)41)18-12-25-6-5-19-42-25/h5-8,16-17,19,21,24,28-29,37,39H,9-15,18,20,22H2,1-4H3/t24?,28-,29-,31-,32+,33+,34-,35-/m1/s1. The van der Waals surface area contributed by atoms with Gasteiger partial charge in [0.15, 0.2) is 5.78 Å². The van der Waals surface area contributed by atoms with Gasteiger partial charge in [-0.05, 0) is 99.1 Å². The summed E-state index contributed by atoms with van der Waals surface area (Å²) < 4.78 is 27.7. The minimum absolute atomic E-state index is 0.00746. The highest BCUT2D eigenvalue weighted by Crippen LogP contribution is 2.78. The van der Waals surface area contributed by atoms with E-state index < -0.39 is 32.6 Å². The summed E-state index contributed by atoms with van der Waals surface area (Å²) in [6.07, 6.45) is 13.5. The van der Waals surface area contributed by atoms with Crippen molar-refractivity contribution in [1.82, 2.24) is 4.31 Å². The topological polar surface area (TPSA) is 94.9 Å². The number of carbonyl (C=O) groups excluding carboxylic acids is 1. The van der Waals surface area contributed by atoms with E-state index in [-0.39, 0.29) is 35.0 Å². The molecular weight excluding hydrogens is 611 g/mol. The molecule has 0 aliphatic heterocycles. The molecule has 6 nitrogen and oxygen atoms in total. The maximum Gasteiger partial charge on any atom is 0.211 e. The van der Waals surface area contributed by atoms with Crippen LogP contribution in [0.15, 0.2) is 53.4 Å². The van der Waals surface area contributed by atoms with Crippen LogP contribution in [-0.2, 0) is 16.4 Å². The summed E-state index contributed by atoms with van der Waals surface area (Å²) in [6.45, 7) is 6.98. The first kappa shape index (κ1) is 31.0. The van der Waals surface area contributed by atoms with E-state index in [1.54, 1.807) is 11.3 Å². The van der Waals surface area contributed by atoms with E-state index in [1.165, 1.54) is 21.9 Å². The largest absolute Gasteiger partial charge is 0.393 e. The third-order valence-corrected chi connectivity index (χ3v) is 16.2. The average molecular weight is 656 g/mol. The molecule has 3 fully saturated rings. The van der Waals surface area contributed by atoms with Gasteiger partial charge in [0, 0.05) is 44.7 Å². The van der Waals surface area contributed by atoms with Crippen LogP contribution in [-0.4, -0.2) is 59.8 Å². The van der Waals surface area contributed by atoms with Crippen molar-refractivity contribution in [3.05, 3.63) is 68.1 Å². The predicted octanol–water partition coefficient (Wildman–Crippen LogP) is 6.40. The molecule has 0 saturated heterocycles. The van der Waals surface area contributed by atoms with Crippen LogP contribution >= 0.6 is 22.7 Å². The van der Waals surface area contributed by atoms with E-state index in [4.69, 9.17) is 0 Å². The minimum Gasteiger partial charge on any atom is -0.393 e. The first-order valence-electron chi connectivity index (χ1n) is 16.1. The number of aliphatic hydroxyl groups is 2. The van der Waals surface area contributed by atoms with E-state index in [1.807, 2.05) is 36.6 Å².